The lowest BCUT2D eigenvalue weighted by atomic mass is 9.97. The first-order valence-electron chi connectivity index (χ1n) is 9.67. The zero-order valence-corrected chi connectivity index (χ0v) is 15.9. The summed E-state index contributed by atoms with van der Waals surface area (Å²) in [6, 6.07) is 14.5. The summed E-state index contributed by atoms with van der Waals surface area (Å²) >= 11 is 0. The van der Waals surface area contributed by atoms with E-state index in [1.54, 1.807) is 6.07 Å². The molecule has 0 fully saturated rings. The first kappa shape index (κ1) is 17.3. The summed E-state index contributed by atoms with van der Waals surface area (Å²) in [6.45, 7) is 9.39. The Balaban J connectivity index is 1.84. The standard InChI is InChI=1S/C23H27FN2/c1-4-25-15-19-21(14-17(25)3)26(13-12-18-8-6-5-7-9-18)23-20(24)11-10-16(2)22(19)23/h5-11,17H,4,12-15H2,1-3H3. The third-order valence-electron chi connectivity index (χ3n) is 5.93. The first-order chi connectivity index (χ1) is 12.6. The van der Waals surface area contributed by atoms with Crippen LogP contribution in [0.4, 0.5) is 4.39 Å². The summed E-state index contributed by atoms with van der Waals surface area (Å²) in [7, 11) is 0. The Hall–Kier alpha value is -2.13. The molecule has 1 atom stereocenters. The summed E-state index contributed by atoms with van der Waals surface area (Å²) in [4.78, 5) is 2.49. The van der Waals surface area contributed by atoms with E-state index in [1.807, 2.05) is 12.1 Å². The molecule has 1 aliphatic heterocycles. The Bertz CT molecular complexity index is 927. The third-order valence-corrected chi connectivity index (χ3v) is 5.93. The quantitative estimate of drug-likeness (QED) is 0.636. The number of halogens is 1. The highest BCUT2D eigenvalue weighted by Crippen LogP contribution is 2.36. The van der Waals surface area contributed by atoms with E-state index < -0.39 is 0 Å². The molecule has 0 N–H and O–H groups in total. The van der Waals surface area contributed by atoms with Crippen LogP contribution in [0.1, 0.15) is 36.2 Å². The molecule has 2 heterocycles. The van der Waals surface area contributed by atoms with Gasteiger partial charge in [-0.2, -0.15) is 0 Å². The van der Waals surface area contributed by atoms with Crippen molar-refractivity contribution in [3.05, 3.63) is 70.7 Å². The smallest absolute Gasteiger partial charge is 0.147 e. The molecule has 2 aromatic carbocycles. The molecule has 4 rings (SSSR count). The number of hydrogen-bond donors (Lipinski definition) is 0. The molecule has 0 bridgehead atoms. The topological polar surface area (TPSA) is 8.17 Å². The van der Waals surface area contributed by atoms with Crippen molar-refractivity contribution < 1.29 is 4.39 Å². The summed E-state index contributed by atoms with van der Waals surface area (Å²) in [5.74, 6) is -0.0937. The fourth-order valence-electron chi connectivity index (χ4n) is 4.48. The second kappa shape index (κ2) is 6.88. The van der Waals surface area contributed by atoms with E-state index in [-0.39, 0.29) is 5.82 Å². The molecule has 3 aromatic rings. The van der Waals surface area contributed by atoms with Gasteiger partial charge in [0.2, 0.25) is 0 Å². The van der Waals surface area contributed by atoms with Crippen LogP contribution in [0.15, 0.2) is 42.5 Å². The van der Waals surface area contributed by atoms with E-state index in [9.17, 15) is 4.39 Å². The van der Waals surface area contributed by atoms with Crippen LogP contribution >= 0.6 is 0 Å². The van der Waals surface area contributed by atoms with Crippen molar-refractivity contribution in [2.24, 2.45) is 0 Å². The van der Waals surface area contributed by atoms with E-state index >= 15 is 0 Å². The molecule has 1 unspecified atom stereocenters. The highest BCUT2D eigenvalue weighted by Gasteiger charge is 2.29. The van der Waals surface area contributed by atoms with Gasteiger partial charge in [0, 0.05) is 36.6 Å². The van der Waals surface area contributed by atoms with Crippen LogP contribution in [0.3, 0.4) is 0 Å². The second-order valence-electron chi connectivity index (χ2n) is 7.52. The van der Waals surface area contributed by atoms with E-state index in [0.717, 1.165) is 43.4 Å². The Morgan fingerprint density at radius 1 is 1.12 bits per heavy atom. The van der Waals surface area contributed by atoms with Crippen LogP contribution in [0.5, 0.6) is 0 Å². The van der Waals surface area contributed by atoms with Gasteiger partial charge in [0.25, 0.3) is 0 Å². The molecule has 2 nitrogen and oxygen atoms in total. The van der Waals surface area contributed by atoms with Crippen LogP contribution in [-0.4, -0.2) is 22.1 Å². The molecule has 1 aromatic heterocycles. The van der Waals surface area contributed by atoms with Gasteiger partial charge in [-0.15, -0.1) is 0 Å². The van der Waals surface area contributed by atoms with Crippen LogP contribution < -0.4 is 0 Å². The van der Waals surface area contributed by atoms with Crippen molar-refractivity contribution in [2.45, 2.75) is 52.7 Å². The Kier molecular flexibility index (Phi) is 4.58. The van der Waals surface area contributed by atoms with Gasteiger partial charge in [-0.3, -0.25) is 4.90 Å². The predicted octanol–water partition coefficient (Wildman–Crippen LogP) is 5.10. The lowest BCUT2D eigenvalue weighted by molar-refractivity contribution is 0.192. The van der Waals surface area contributed by atoms with Gasteiger partial charge < -0.3 is 4.57 Å². The molecule has 3 heteroatoms. The molecular weight excluding hydrogens is 323 g/mol. The van der Waals surface area contributed by atoms with Crippen molar-refractivity contribution in [3.63, 3.8) is 0 Å². The molecule has 0 saturated heterocycles. The van der Waals surface area contributed by atoms with Crippen molar-refractivity contribution in [1.82, 2.24) is 9.47 Å². The summed E-state index contributed by atoms with van der Waals surface area (Å²) in [5.41, 5.74) is 5.96. The van der Waals surface area contributed by atoms with Gasteiger partial charge in [-0.25, -0.2) is 4.39 Å². The number of aromatic nitrogens is 1. The lowest BCUT2D eigenvalue weighted by Gasteiger charge is -2.33. The fraction of sp³-hybridized carbons (Fsp3) is 0.391. The van der Waals surface area contributed by atoms with E-state index in [2.05, 4.69) is 54.5 Å². The second-order valence-corrected chi connectivity index (χ2v) is 7.52. The van der Waals surface area contributed by atoms with Gasteiger partial charge in [-0.05, 0) is 49.6 Å². The maximum absolute atomic E-state index is 14.9. The van der Waals surface area contributed by atoms with Crippen LogP contribution in [0.25, 0.3) is 10.9 Å². The minimum atomic E-state index is -0.0937. The molecule has 0 amide bonds. The molecule has 26 heavy (non-hydrogen) atoms. The normalized spacial score (nSPS) is 17.6. The molecule has 0 radical (unpaired) electrons. The van der Waals surface area contributed by atoms with Crippen molar-refractivity contribution in [2.75, 3.05) is 6.54 Å². The average molecular weight is 350 g/mol. The van der Waals surface area contributed by atoms with Crippen LogP contribution in [-0.2, 0) is 25.9 Å². The number of rotatable bonds is 4. The van der Waals surface area contributed by atoms with Crippen LogP contribution in [0, 0.1) is 12.7 Å². The van der Waals surface area contributed by atoms with Gasteiger partial charge >= 0.3 is 0 Å². The molecule has 0 aliphatic carbocycles. The minimum Gasteiger partial charge on any atom is -0.341 e. The monoisotopic (exact) mass is 350 g/mol. The number of nitrogens with zero attached hydrogens (tertiary/aromatic N) is 2. The van der Waals surface area contributed by atoms with Gasteiger partial charge in [-0.1, -0.05) is 43.3 Å². The third kappa shape index (κ3) is 2.84. The lowest BCUT2D eigenvalue weighted by Crippen LogP contribution is -2.38. The largest absolute Gasteiger partial charge is 0.341 e. The zero-order chi connectivity index (χ0) is 18.3. The van der Waals surface area contributed by atoms with Crippen molar-refractivity contribution >= 4 is 10.9 Å². The molecule has 136 valence electrons. The highest BCUT2D eigenvalue weighted by molar-refractivity contribution is 5.89. The van der Waals surface area contributed by atoms with Gasteiger partial charge in [0.15, 0.2) is 0 Å². The van der Waals surface area contributed by atoms with Gasteiger partial charge in [0.1, 0.15) is 5.82 Å². The first-order valence-corrected chi connectivity index (χ1v) is 9.67. The van der Waals surface area contributed by atoms with Crippen molar-refractivity contribution in [1.29, 1.82) is 0 Å². The summed E-state index contributed by atoms with van der Waals surface area (Å²) in [6.07, 6.45) is 1.92. The van der Waals surface area contributed by atoms with Gasteiger partial charge in [0.05, 0.1) is 5.52 Å². The van der Waals surface area contributed by atoms with E-state index in [1.165, 1.54) is 22.4 Å². The molecular formula is C23H27FN2. The maximum atomic E-state index is 14.9. The predicted molar refractivity (Wildman–Crippen MR) is 106 cm³/mol. The Morgan fingerprint density at radius 2 is 1.88 bits per heavy atom. The molecule has 0 spiro atoms. The molecule has 1 aliphatic rings. The Labute approximate surface area is 155 Å². The SMILES string of the molecule is CCN1Cc2c(n(CCc3ccccc3)c3c(F)ccc(C)c23)CC1C. The van der Waals surface area contributed by atoms with Crippen molar-refractivity contribution in [3.8, 4) is 0 Å². The maximum Gasteiger partial charge on any atom is 0.147 e. The van der Waals surface area contributed by atoms with E-state index in [0.29, 0.717) is 6.04 Å². The highest BCUT2D eigenvalue weighted by atomic mass is 19.1. The average Bonchev–Trinajstić information content (AvgIpc) is 2.97. The number of benzene rings is 2. The number of hydrogen-bond acceptors (Lipinski definition) is 1. The number of fused-ring (bicyclic) bond motifs is 3. The number of aryl methyl sites for hydroxylation is 3. The fourth-order valence-corrected chi connectivity index (χ4v) is 4.48. The summed E-state index contributed by atoms with van der Waals surface area (Å²) < 4.78 is 17.1. The minimum absolute atomic E-state index is 0.0937. The zero-order valence-electron chi connectivity index (χ0n) is 15.9. The number of likely N-dealkylation sites (N-methyl/N-ethyl adjacent to an activating group) is 1. The van der Waals surface area contributed by atoms with E-state index in [4.69, 9.17) is 0 Å². The summed E-state index contributed by atoms with van der Waals surface area (Å²) in [5, 5.41) is 1.14. The molecule has 0 saturated carbocycles. The Morgan fingerprint density at radius 3 is 2.62 bits per heavy atom. The van der Waals surface area contributed by atoms with Crippen LogP contribution in [0.2, 0.25) is 0 Å².